The van der Waals surface area contributed by atoms with E-state index in [2.05, 4.69) is 0 Å². The van der Waals surface area contributed by atoms with Crippen molar-refractivity contribution in [1.29, 1.82) is 10.5 Å². The summed E-state index contributed by atoms with van der Waals surface area (Å²) in [7, 11) is -0.161. The molecule has 1 saturated heterocycles. The smallest absolute Gasteiger partial charge is 0.164 e. The summed E-state index contributed by atoms with van der Waals surface area (Å²) in [6.07, 6.45) is 0. The van der Waals surface area contributed by atoms with Crippen LogP contribution in [-0.2, 0) is 11.0 Å². The van der Waals surface area contributed by atoms with Crippen molar-refractivity contribution in [3.05, 3.63) is 53.3 Å². The van der Waals surface area contributed by atoms with Gasteiger partial charge in [0.25, 0.3) is 0 Å². The van der Waals surface area contributed by atoms with E-state index >= 15 is 0 Å². The minimum Gasteiger partial charge on any atom is -0.493 e. The van der Waals surface area contributed by atoms with Gasteiger partial charge in [-0.1, -0.05) is 12.1 Å². The van der Waals surface area contributed by atoms with Gasteiger partial charge in [0.1, 0.15) is 28.9 Å². The van der Waals surface area contributed by atoms with Gasteiger partial charge in [0.2, 0.25) is 0 Å². The van der Waals surface area contributed by atoms with Crippen LogP contribution >= 0.6 is 0 Å². The van der Waals surface area contributed by atoms with E-state index in [9.17, 15) is 19.0 Å². The first-order valence-corrected chi connectivity index (χ1v) is 9.75. The van der Waals surface area contributed by atoms with Crippen molar-refractivity contribution in [2.75, 3.05) is 33.4 Å². The zero-order valence-electron chi connectivity index (χ0n) is 15.6. The van der Waals surface area contributed by atoms with Gasteiger partial charge in [0.15, 0.2) is 11.5 Å². The van der Waals surface area contributed by atoms with Gasteiger partial charge >= 0.3 is 0 Å². The van der Waals surface area contributed by atoms with Crippen LogP contribution in [0.4, 0.5) is 4.39 Å². The second-order valence-electron chi connectivity index (χ2n) is 6.70. The molecule has 0 bridgehead atoms. The lowest BCUT2D eigenvalue weighted by Crippen LogP contribution is -2.61. The van der Waals surface area contributed by atoms with E-state index in [1.165, 1.54) is 13.2 Å². The highest BCUT2D eigenvalue weighted by molar-refractivity contribution is 7.82. The molecule has 0 spiro atoms. The number of halogens is 1. The molecule has 0 aromatic heterocycles. The van der Waals surface area contributed by atoms with E-state index in [1.54, 1.807) is 34.6 Å². The van der Waals surface area contributed by atoms with Crippen LogP contribution in [0.3, 0.4) is 0 Å². The molecule has 2 aromatic carbocycles. The molecule has 1 aliphatic rings. The summed E-state index contributed by atoms with van der Waals surface area (Å²) in [5.41, 5.74) is -0.513. The Bertz CT molecular complexity index is 1030. The van der Waals surface area contributed by atoms with Gasteiger partial charge in [-0.25, -0.2) is 12.9 Å². The van der Waals surface area contributed by atoms with Crippen molar-refractivity contribution in [3.63, 3.8) is 0 Å². The molecule has 1 N–H and O–H groups in total. The number of aliphatic hydroxyl groups excluding tert-OH is 1. The van der Waals surface area contributed by atoms with Gasteiger partial charge < -0.3 is 14.6 Å². The standard InChI is InChI=1S/C20H18FN3O4S/c1-27-17-6-15(9-23)16(21)7-18(17)28-13-20(12-25)10-24(11-20)29(26)19-5-3-2-4-14(19)8-22/h2-7,25H,10-13H2,1H3. The topological polar surface area (TPSA) is 107 Å². The maximum Gasteiger partial charge on any atom is 0.164 e. The third-order valence-electron chi connectivity index (χ3n) is 4.70. The van der Waals surface area contributed by atoms with Crippen LogP contribution in [0.25, 0.3) is 0 Å². The van der Waals surface area contributed by atoms with Gasteiger partial charge in [-0.2, -0.15) is 10.5 Å². The van der Waals surface area contributed by atoms with Crippen molar-refractivity contribution in [2.45, 2.75) is 4.90 Å². The van der Waals surface area contributed by atoms with Crippen LogP contribution in [0.2, 0.25) is 0 Å². The Hall–Kier alpha value is -2.98. The third kappa shape index (κ3) is 4.08. The lowest BCUT2D eigenvalue weighted by molar-refractivity contribution is -0.0256. The zero-order chi connectivity index (χ0) is 21.0. The predicted molar refractivity (Wildman–Crippen MR) is 102 cm³/mol. The van der Waals surface area contributed by atoms with Gasteiger partial charge in [0.05, 0.1) is 41.8 Å². The maximum atomic E-state index is 13.9. The molecule has 7 nitrogen and oxygen atoms in total. The van der Waals surface area contributed by atoms with E-state index < -0.39 is 22.2 Å². The van der Waals surface area contributed by atoms with Crippen molar-refractivity contribution >= 4 is 11.0 Å². The summed E-state index contributed by atoms with van der Waals surface area (Å²) >= 11 is 0. The van der Waals surface area contributed by atoms with Crippen LogP contribution in [-0.4, -0.2) is 47.0 Å². The Morgan fingerprint density at radius 3 is 2.52 bits per heavy atom. The van der Waals surface area contributed by atoms with Crippen molar-refractivity contribution in [3.8, 4) is 23.6 Å². The first-order chi connectivity index (χ1) is 14.0. The summed E-state index contributed by atoms with van der Waals surface area (Å²) < 4.78 is 39.1. The highest BCUT2D eigenvalue weighted by Crippen LogP contribution is 2.36. The molecular weight excluding hydrogens is 397 g/mol. The van der Waals surface area contributed by atoms with E-state index in [0.717, 1.165) is 6.07 Å². The molecule has 150 valence electrons. The molecule has 0 amide bonds. The predicted octanol–water partition coefficient (Wildman–Crippen LogP) is 1.97. The highest BCUT2D eigenvalue weighted by Gasteiger charge is 2.46. The van der Waals surface area contributed by atoms with Gasteiger partial charge in [-0.15, -0.1) is 0 Å². The number of ether oxygens (including phenoxy) is 2. The lowest BCUT2D eigenvalue weighted by Gasteiger charge is -2.47. The number of methoxy groups -OCH3 is 1. The Morgan fingerprint density at radius 2 is 1.90 bits per heavy atom. The summed E-state index contributed by atoms with van der Waals surface area (Å²) in [6, 6.07) is 12.7. The molecule has 1 fully saturated rings. The Labute approximate surface area is 170 Å². The van der Waals surface area contributed by atoms with Crippen LogP contribution in [0.1, 0.15) is 11.1 Å². The minimum absolute atomic E-state index is 0.0405. The number of nitrogens with zero attached hydrogens (tertiary/aromatic N) is 3. The van der Waals surface area contributed by atoms with Crippen molar-refractivity contribution in [1.82, 2.24) is 4.31 Å². The molecule has 1 aliphatic heterocycles. The summed E-state index contributed by atoms with van der Waals surface area (Å²) in [5, 5.41) is 27.9. The van der Waals surface area contributed by atoms with Gasteiger partial charge in [-0.3, -0.25) is 0 Å². The minimum atomic E-state index is -1.54. The van der Waals surface area contributed by atoms with E-state index in [0.29, 0.717) is 10.5 Å². The van der Waals surface area contributed by atoms with Crippen molar-refractivity contribution in [2.24, 2.45) is 5.41 Å². The molecule has 2 aromatic rings. The average molecular weight is 415 g/mol. The SMILES string of the molecule is COc1cc(C#N)c(F)cc1OCC1(CO)CN(S(=O)c2ccccc2C#N)C1. The average Bonchev–Trinajstić information content (AvgIpc) is 2.72. The zero-order valence-corrected chi connectivity index (χ0v) is 16.4. The fourth-order valence-electron chi connectivity index (χ4n) is 3.03. The molecule has 1 heterocycles. The molecule has 0 radical (unpaired) electrons. The van der Waals surface area contributed by atoms with Crippen LogP contribution in [0.15, 0.2) is 41.3 Å². The molecular formula is C20H18FN3O4S. The second-order valence-corrected chi connectivity index (χ2v) is 8.15. The fraction of sp³-hybridized carbons (Fsp3) is 0.300. The second kappa shape index (κ2) is 8.58. The number of nitriles is 2. The monoisotopic (exact) mass is 415 g/mol. The van der Waals surface area contributed by atoms with E-state index in [-0.39, 0.29) is 43.4 Å². The summed E-state index contributed by atoms with van der Waals surface area (Å²) in [6.45, 7) is 0.369. The van der Waals surface area contributed by atoms with Crippen LogP contribution in [0, 0.1) is 33.9 Å². The fourth-order valence-corrected chi connectivity index (χ4v) is 4.59. The normalized spacial score (nSPS) is 16.2. The summed E-state index contributed by atoms with van der Waals surface area (Å²) in [5.74, 6) is -0.407. The molecule has 0 saturated carbocycles. The molecule has 0 aliphatic carbocycles. The molecule has 9 heteroatoms. The number of hydrogen-bond donors (Lipinski definition) is 1. The lowest BCUT2D eigenvalue weighted by atomic mass is 9.83. The number of hydrogen-bond acceptors (Lipinski definition) is 6. The molecule has 1 unspecified atom stereocenters. The highest BCUT2D eigenvalue weighted by atomic mass is 32.2. The first-order valence-electron chi connectivity index (χ1n) is 8.64. The van der Waals surface area contributed by atoms with Crippen LogP contribution in [0.5, 0.6) is 11.5 Å². The van der Waals surface area contributed by atoms with E-state index in [4.69, 9.17) is 14.7 Å². The van der Waals surface area contributed by atoms with Gasteiger partial charge in [-0.05, 0) is 12.1 Å². The molecule has 1 atom stereocenters. The quantitative estimate of drug-likeness (QED) is 0.741. The van der Waals surface area contributed by atoms with Crippen LogP contribution < -0.4 is 9.47 Å². The van der Waals surface area contributed by atoms with E-state index in [1.807, 2.05) is 6.07 Å². The Balaban J connectivity index is 1.70. The molecule has 29 heavy (non-hydrogen) atoms. The largest absolute Gasteiger partial charge is 0.493 e. The maximum absolute atomic E-state index is 13.9. The number of benzene rings is 2. The Kier molecular flexibility index (Phi) is 6.14. The number of aliphatic hydroxyl groups is 1. The molecule has 3 rings (SSSR count). The van der Waals surface area contributed by atoms with Gasteiger partial charge in [0, 0.05) is 25.2 Å². The number of rotatable bonds is 7. The van der Waals surface area contributed by atoms with Crippen molar-refractivity contribution < 1.29 is 23.2 Å². The Morgan fingerprint density at radius 1 is 1.21 bits per heavy atom. The first kappa shape index (κ1) is 20.7. The summed E-state index contributed by atoms with van der Waals surface area (Å²) in [4.78, 5) is 0.415. The third-order valence-corrected chi connectivity index (χ3v) is 6.16.